The second kappa shape index (κ2) is 21.2. The molecular weight excluding hydrogens is 308 g/mol. The van der Waals surface area contributed by atoms with Crippen LogP contribution in [0.2, 0.25) is 0 Å². The summed E-state index contributed by atoms with van der Waals surface area (Å²) in [4.78, 5) is 12.5. The Labute approximate surface area is 149 Å². The van der Waals surface area contributed by atoms with Gasteiger partial charge in [0.05, 0.1) is 0 Å². The normalized spacial score (nSPS) is 19.7. The van der Waals surface area contributed by atoms with E-state index < -0.39 is 0 Å². The molecule has 0 bridgehead atoms. The predicted octanol–water partition coefficient (Wildman–Crippen LogP) is 5.01. The van der Waals surface area contributed by atoms with Gasteiger partial charge in [0.15, 0.2) is 0 Å². The number of rotatable bonds is 4. The third-order valence-corrected chi connectivity index (χ3v) is 2.58. The zero-order valence-electron chi connectivity index (χ0n) is 16.0. The molecule has 23 heavy (non-hydrogen) atoms. The maximum atomic E-state index is 8.36. The number of nitrogens with one attached hydrogen (secondary N) is 1. The molecule has 0 radical (unpaired) electrons. The number of carboxylic acid groups (broad SMARTS) is 1. The number of nitrogens with zero attached hydrogens (tertiary/aromatic N) is 1. The van der Waals surface area contributed by atoms with Crippen molar-refractivity contribution in [2.45, 2.75) is 79.8 Å². The van der Waals surface area contributed by atoms with E-state index in [1.165, 1.54) is 19.3 Å². The lowest BCUT2D eigenvalue weighted by atomic mass is 10.0. The lowest BCUT2D eigenvalue weighted by Gasteiger charge is -2.13. The highest BCUT2D eigenvalue weighted by molar-refractivity contribution is 7.83. The van der Waals surface area contributed by atoms with Crippen LogP contribution in [0.3, 0.4) is 0 Å². The van der Waals surface area contributed by atoms with Crippen molar-refractivity contribution < 1.29 is 9.90 Å². The third-order valence-electron chi connectivity index (χ3n) is 2.45. The fourth-order valence-electron chi connectivity index (χ4n) is 1.91. The fourth-order valence-corrected chi connectivity index (χ4v) is 1.99. The number of hydrogen-bond donors (Lipinski definition) is 3. The van der Waals surface area contributed by atoms with Gasteiger partial charge in [-0.15, -0.1) is 12.6 Å². The van der Waals surface area contributed by atoms with Crippen molar-refractivity contribution in [3.05, 3.63) is 11.6 Å². The summed E-state index contributed by atoms with van der Waals surface area (Å²) < 4.78 is 0. The van der Waals surface area contributed by atoms with Crippen molar-refractivity contribution >= 4 is 25.3 Å². The average molecular weight is 347 g/mol. The van der Waals surface area contributed by atoms with Crippen LogP contribution in [0, 0.1) is 11.8 Å². The van der Waals surface area contributed by atoms with Crippen molar-refractivity contribution in [1.29, 1.82) is 0 Å². The molecule has 1 unspecified atom stereocenters. The first-order chi connectivity index (χ1) is 10.9. The second-order valence-electron chi connectivity index (χ2n) is 6.11. The molecule has 0 aromatic carbocycles. The topological polar surface area (TPSA) is 61.7 Å². The molecule has 1 saturated heterocycles. The van der Waals surface area contributed by atoms with Crippen molar-refractivity contribution in [3.63, 3.8) is 0 Å². The first-order valence-electron chi connectivity index (χ1n) is 8.53. The maximum Gasteiger partial charge on any atom is 0.290 e. The van der Waals surface area contributed by atoms with Crippen molar-refractivity contribution in [2.75, 3.05) is 0 Å². The minimum atomic E-state index is -0.250. The van der Waals surface area contributed by atoms with Gasteiger partial charge in [0.2, 0.25) is 0 Å². The van der Waals surface area contributed by atoms with Crippen LogP contribution in [-0.4, -0.2) is 29.9 Å². The Morgan fingerprint density at radius 3 is 2.09 bits per heavy atom. The first-order valence-corrected chi connectivity index (χ1v) is 9.05. The molecule has 138 valence electrons. The second-order valence-corrected chi connectivity index (χ2v) is 6.41. The van der Waals surface area contributed by atoms with Gasteiger partial charge in [0, 0.05) is 24.5 Å². The largest absolute Gasteiger partial charge is 0.483 e. The number of carbonyl (C=O) groups is 1. The molecule has 0 aliphatic carbocycles. The molecule has 5 heteroatoms. The monoisotopic (exact) mass is 346 g/mol. The Hall–Kier alpha value is -0.810. The van der Waals surface area contributed by atoms with Gasteiger partial charge >= 0.3 is 0 Å². The van der Waals surface area contributed by atoms with E-state index in [-0.39, 0.29) is 6.47 Å². The van der Waals surface area contributed by atoms with Gasteiger partial charge in [-0.25, -0.2) is 0 Å². The zero-order chi connectivity index (χ0) is 18.7. The van der Waals surface area contributed by atoms with E-state index in [4.69, 9.17) is 9.90 Å². The Balaban J connectivity index is -0.000000372. The minimum Gasteiger partial charge on any atom is -0.483 e. The minimum absolute atomic E-state index is 0.250. The first kappa shape index (κ1) is 27.1. The summed E-state index contributed by atoms with van der Waals surface area (Å²) in [6.07, 6.45) is 7.45. The van der Waals surface area contributed by atoms with Crippen molar-refractivity contribution in [3.8, 4) is 0 Å². The summed E-state index contributed by atoms with van der Waals surface area (Å²) in [5.41, 5.74) is 0. The van der Waals surface area contributed by atoms with Crippen LogP contribution in [0.5, 0.6) is 0 Å². The molecule has 1 aliphatic heterocycles. The summed E-state index contributed by atoms with van der Waals surface area (Å²) in [5, 5.41) is 12.1. The van der Waals surface area contributed by atoms with Gasteiger partial charge < -0.3 is 10.4 Å². The van der Waals surface area contributed by atoms with Gasteiger partial charge in [-0.2, -0.15) is 0 Å². The zero-order valence-corrected chi connectivity index (χ0v) is 16.9. The summed E-state index contributed by atoms with van der Waals surface area (Å²) in [6.45, 7) is 14.8. The molecule has 1 heterocycles. The van der Waals surface area contributed by atoms with Crippen LogP contribution in [-0.2, 0) is 4.79 Å². The Morgan fingerprint density at radius 2 is 1.70 bits per heavy atom. The molecule has 2 N–H and O–H groups in total. The van der Waals surface area contributed by atoms with E-state index in [1.807, 2.05) is 20.1 Å². The van der Waals surface area contributed by atoms with Crippen molar-refractivity contribution in [2.24, 2.45) is 16.8 Å². The van der Waals surface area contributed by atoms with Gasteiger partial charge in [0.25, 0.3) is 6.47 Å². The predicted molar refractivity (Wildman–Crippen MR) is 107 cm³/mol. The van der Waals surface area contributed by atoms with Gasteiger partial charge in [-0.1, -0.05) is 48.5 Å². The summed E-state index contributed by atoms with van der Waals surface area (Å²) in [5.74, 6) is 1.61. The smallest absolute Gasteiger partial charge is 0.290 e. The van der Waals surface area contributed by atoms with Gasteiger partial charge in [0.1, 0.15) is 0 Å². The summed E-state index contributed by atoms with van der Waals surface area (Å²) in [7, 11) is 0. The molecule has 2 atom stereocenters. The number of hydrogen-bond acceptors (Lipinski definition) is 4. The van der Waals surface area contributed by atoms with E-state index in [9.17, 15) is 0 Å². The van der Waals surface area contributed by atoms with E-state index in [0.717, 1.165) is 11.8 Å². The van der Waals surface area contributed by atoms with Crippen molar-refractivity contribution in [1.82, 2.24) is 5.32 Å². The SMILES string of the molecule is CC.CC(C)C.CC(C)CC1CC[C@H](C=N/C=C\S)N1.O=CO. The molecule has 1 fully saturated rings. The summed E-state index contributed by atoms with van der Waals surface area (Å²) in [6, 6.07) is 1.15. The van der Waals surface area contributed by atoms with Crippen LogP contribution in [0.1, 0.15) is 67.7 Å². The lowest BCUT2D eigenvalue weighted by molar-refractivity contribution is -0.122. The molecule has 0 spiro atoms. The summed E-state index contributed by atoms with van der Waals surface area (Å²) >= 11 is 3.95. The highest BCUT2D eigenvalue weighted by Crippen LogP contribution is 2.17. The highest BCUT2D eigenvalue weighted by Gasteiger charge is 2.22. The van der Waals surface area contributed by atoms with Gasteiger partial charge in [-0.05, 0) is 36.5 Å². The van der Waals surface area contributed by atoms with Crippen LogP contribution < -0.4 is 5.32 Å². The fraction of sp³-hybridized carbons (Fsp3) is 0.778. The average Bonchev–Trinajstić information content (AvgIpc) is 2.88. The van der Waals surface area contributed by atoms with Gasteiger partial charge in [-0.3, -0.25) is 9.79 Å². The molecular formula is C18H38N2O2S. The molecule has 0 saturated carbocycles. The highest BCUT2D eigenvalue weighted by atomic mass is 32.1. The Morgan fingerprint density at radius 1 is 1.22 bits per heavy atom. The third kappa shape index (κ3) is 26.4. The lowest BCUT2D eigenvalue weighted by Crippen LogP contribution is -2.31. The van der Waals surface area contributed by atoms with Crippen LogP contribution in [0.4, 0.5) is 0 Å². The molecule has 0 amide bonds. The van der Waals surface area contributed by atoms with Crippen LogP contribution in [0.25, 0.3) is 0 Å². The Bertz CT molecular complexity index is 290. The van der Waals surface area contributed by atoms with E-state index in [2.05, 4.69) is 57.6 Å². The van der Waals surface area contributed by atoms with E-state index >= 15 is 0 Å². The number of aliphatic imine (C=N–C) groups is 1. The Kier molecular flexibility index (Phi) is 24.9. The van der Waals surface area contributed by atoms with E-state index in [1.54, 1.807) is 11.6 Å². The molecule has 1 rings (SSSR count). The molecule has 1 aliphatic rings. The van der Waals surface area contributed by atoms with Crippen LogP contribution in [0.15, 0.2) is 16.6 Å². The quantitative estimate of drug-likeness (QED) is 0.381. The maximum absolute atomic E-state index is 8.36. The molecule has 4 nitrogen and oxygen atoms in total. The standard InChI is InChI=1S/C11H20N2S.C4H10.C2H6.CH2O2/c1-9(2)7-10-3-4-11(13-10)8-12-5-6-14;1-4(2)3;1-2;2-1-3/h5-6,8-11,13-14H,3-4,7H2,1-2H3;4H,1-3H3;1-2H3;1H,(H,2,3)/b6-5-,12-8?;;;/t10?,11-;;;/m1.../s1. The number of thiol groups is 1. The van der Waals surface area contributed by atoms with Crippen LogP contribution >= 0.6 is 12.6 Å². The molecule has 0 aromatic rings. The van der Waals surface area contributed by atoms with E-state index in [0.29, 0.717) is 12.1 Å². The molecule has 0 aromatic heterocycles.